The second-order valence-electron chi connectivity index (χ2n) is 16.1. The lowest BCUT2D eigenvalue weighted by Gasteiger charge is -2.29. The van der Waals surface area contributed by atoms with E-state index < -0.39 is 69.4 Å². The number of esters is 2. The van der Waals surface area contributed by atoms with Gasteiger partial charge in [0, 0.05) is 25.3 Å². The van der Waals surface area contributed by atoms with Gasteiger partial charge in [-0.1, -0.05) is 122 Å². The number of halogens is 4. The highest BCUT2D eigenvalue weighted by Crippen LogP contribution is 2.28. The van der Waals surface area contributed by atoms with E-state index in [1.54, 1.807) is 52.8 Å². The van der Waals surface area contributed by atoms with Gasteiger partial charge in [-0.15, -0.1) is 0 Å². The lowest BCUT2D eigenvalue weighted by molar-refractivity contribution is -0.155. The van der Waals surface area contributed by atoms with Crippen LogP contribution in [0, 0.1) is 17.3 Å². The number of alkyl halides is 3. The van der Waals surface area contributed by atoms with E-state index in [0.717, 1.165) is 5.56 Å². The molecule has 59 heavy (non-hydrogen) atoms. The second-order valence-corrected chi connectivity index (χ2v) is 19.0. The summed E-state index contributed by atoms with van der Waals surface area (Å²) in [5.74, 6) is -2.57. The third kappa shape index (κ3) is 20.2. The van der Waals surface area contributed by atoms with E-state index >= 15 is 0 Å². The van der Waals surface area contributed by atoms with Crippen molar-refractivity contribution in [2.45, 2.75) is 102 Å². The minimum atomic E-state index is -1.88. The molecule has 0 fully saturated rings. The average molecular weight is 902 g/mol. The third-order valence-electron chi connectivity index (χ3n) is 8.50. The van der Waals surface area contributed by atoms with E-state index in [2.05, 4.69) is 16.0 Å². The van der Waals surface area contributed by atoms with Crippen molar-refractivity contribution in [1.82, 2.24) is 16.0 Å². The van der Waals surface area contributed by atoms with E-state index in [0.29, 0.717) is 16.3 Å². The molecule has 0 unspecified atom stereocenters. The van der Waals surface area contributed by atoms with Crippen LogP contribution in [0.2, 0.25) is 5.02 Å². The number of ether oxygens (including phenoxy) is 4. The largest absolute Gasteiger partial charge is 0.495 e. The van der Waals surface area contributed by atoms with Crippen LogP contribution >= 0.6 is 46.4 Å². The van der Waals surface area contributed by atoms with Crippen molar-refractivity contribution in [2.24, 2.45) is 17.3 Å². The van der Waals surface area contributed by atoms with Gasteiger partial charge in [-0.2, -0.15) is 0 Å². The monoisotopic (exact) mass is 899 g/mol. The number of hydrogen-bond acceptors (Lipinski definition) is 9. The number of carbonyl (C=O) groups is 5. The fourth-order valence-corrected chi connectivity index (χ4v) is 5.77. The Morgan fingerprint density at radius 3 is 2.10 bits per heavy atom. The van der Waals surface area contributed by atoms with Gasteiger partial charge in [0.15, 0.2) is 0 Å². The van der Waals surface area contributed by atoms with Gasteiger partial charge in [0.05, 0.1) is 17.5 Å². The second kappa shape index (κ2) is 23.7. The third-order valence-corrected chi connectivity index (χ3v) is 9.13. The van der Waals surface area contributed by atoms with Crippen molar-refractivity contribution in [3.8, 4) is 5.75 Å². The number of hydrogen-bond donors (Lipinski definition) is 3. The predicted octanol–water partition coefficient (Wildman–Crippen LogP) is 8.58. The van der Waals surface area contributed by atoms with Crippen LogP contribution in [-0.4, -0.2) is 77.7 Å². The van der Waals surface area contributed by atoms with Gasteiger partial charge >= 0.3 is 18.0 Å². The maximum absolute atomic E-state index is 13.9. The van der Waals surface area contributed by atoms with Crippen molar-refractivity contribution < 1.29 is 42.9 Å². The molecule has 3 N–H and O–H groups in total. The molecule has 326 valence electrons. The summed E-state index contributed by atoms with van der Waals surface area (Å²) < 4.78 is 19.9. The van der Waals surface area contributed by atoms with Gasteiger partial charge in [-0.05, 0) is 76.3 Å². The SMILES string of the molecule is COc1ccc(C[C@@H](NC(=O)/C=C/C[C@H](OC(=O)[C@H](CC(C)C)NC(=O)C(C)(C)CNC(=O)OC(C)(C)C)[C@H](C)/C=C/c2ccccc2)C(=O)OCC(Cl)(Cl)Cl)cc1Cl. The molecular formula is C43H57Cl4N3O9. The van der Waals surface area contributed by atoms with Crippen LogP contribution in [0.5, 0.6) is 5.75 Å². The van der Waals surface area contributed by atoms with E-state index in [-0.39, 0.29) is 37.6 Å². The zero-order valence-corrected chi connectivity index (χ0v) is 38.1. The molecule has 16 heteroatoms. The van der Waals surface area contributed by atoms with Crippen molar-refractivity contribution >= 4 is 82.3 Å². The summed E-state index contributed by atoms with van der Waals surface area (Å²) in [7, 11) is 1.47. The van der Waals surface area contributed by atoms with E-state index in [4.69, 9.17) is 65.4 Å². The summed E-state index contributed by atoms with van der Waals surface area (Å²) in [6.07, 6.45) is 5.42. The smallest absolute Gasteiger partial charge is 0.407 e. The molecule has 2 aromatic carbocycles. The number of carbonyl (C=O) groups excluding carboxylic acids is 5. The molecular weight excluding hydrogens is 844 g/mol. The van der Waals surface area contributed by atoms with Gasteiger partial charge in [-0.25, -0.2) is 14.4 Å². The van der Waals surface area contributed by atoms with Crippen molar-refractivity contribution in [1.29, 1.82) is 0 Å². The van der Waals surface area contributed by atoms with Gasteiger partial charge < -0.3 is 34.9 Å². The van der Waals surface area contributed by atoms with E-state index in [9.17, 15) is 24.0 Å². The number of methoxy groups -OCH3 is 1. The zero-order valence-electron chi connectivity index (χ0n) is 35.0. The zero-order chi connectivity index (χ0) is 44.6. The molecule has 0 aromatic heterocycles. The molecule has 3 amide bonds. The fraction of sp³-hybridized carbons (Fsp3) is 0.512. The van der Waals surface area contributed by atoms with Crippen molar-refractivity contribution in [3.63, 3.8) is 0 Å². The summed E-state index contributed by atoms with van der Waals surface area (Å²) in [5.41, 5.74) is -0.313. The Balaban J connectivity index is 2.31. The first kappa shape index (κ1) is 51.2. The first-order valence-corrected chi connectivity index (χ1v) is 20.6. The Morgan fingerprint density at radius 2 is 1.53 bits per heavy atom. The summed E-state index contributed by atoms with van der Waals surface area (Å²) in [4.78, 5) is 66.1. The maximum Gasteiger partial charge on any atom is 0.407 e. The van der Waals surface area contributed by atoms with Gasteiger partial charge in [0.2, 0.25) is 15.6 Å². The van der Waals surface area contributed by atoms with Crippen LogP contribution in [0.3, 0.4) is 0 Å². The molecule has 0 saturated carbocycles. The van der Waals surface area contributed by atoms with Crippen molar-refractivity contribution in [3.05, 3.63) is 82.9 Å². The highest BCUT2D eigenvalue weighted by Gasteiger charge is 2.35. The highest BCUT2D eigenvalue weighted by atomic mass is 35.6. The van der Waals surface area contributed by atoms with Crippen molar-refractivity contribution in [2.75, 3.05) is 20.3 Å². The molecule has 0 heterocycles. The molecule has 2 rings (SSSR count). The number of benzene rings is 2. The van der Waals surface area contributed by atoms with E-state index in [1.807, 2.05) is 63.3 Å². The fourth-order valence-electron chi connectivity index (χ4n) is 5.33. The summed E-state index contributed by atoms with van der Waals surface area (Å²) in [5, 5.41) is 8.39. The molecule has 4 atom stereocenters. The summed E-state index contributed by atoms with van der Waals surface area (Å²) >= 11 is 23.7. The molecule has 0 aliphatic rings. The molecule has 0 bridgehead atoms. The van der Waals surface area contributed by atoms with Gasteiger partial charge in [0.1, 0.15) is 36.1 Å². The van der Waals surface area contributed by atoms with E-state index in [1.165, 1.54) is 19.3 Å². The predicted molar refractivity (Wildman–Crippen MR) is 233 cm³/mol. The van der Waals surface area contributed by atoms with Crippen LogP contribution < -0.4 is 20.7 Å². The number of nitrogens with one attached hydrogen (secondary N) is 3. The number of rotatable bonds is 20. The summed E-state index contributed by atoms with van der Waals surface area (Å²) in [6.45, 7) is 13.6. The first-order valence-electron chi connectivity index (χ1n) is 19.1. The quantitative estimate of drug-likeness (QED) is 0.0513. The molecule has 0 spiro atoms. The number of amides is 3. The topological polar surface area (TPSA) is 158 Å². The minimum absolute atomic E-state index is 0.00315. The maximum atomic E-state index is 13.9. The van der Waals surface area contributed by atoms with Crippen LogP contribution in [0.4, 0.5) is 4.79 Å². The minimum Gasteiger partial charge on any atom is -0.495 e. The standard InChI is InChI=1S/C43H57Cl4N3O9/c1-27(2)22-32(50-39(54)42(7,8)25-48-40(55)59-41(4,5)6)38(53)58-34(28(3)18-19-29-14-11-10-12-15-29)16-13-17-36(51)49-33(37(52)57-26-43(45,46)47)24-30-20-21-35(56-9)31(44)23-30/h10-15,17-21,23,27-28,32-34H,16,22,24-26H2,1-9H3,(H,48,55)(H,49,51)(H,50,54)/b17-13+,19-18+/t28-,32+,33-,34+/m1/s1. The Bertz CT molecular complexity index is 1770. The average Bonchev–Trinajstić information content (AvgIpc) is 3.13. The normalized spacial score (nSPS) is 14.3. The highest BCUT2D eigenvalue weighted by molar-refractivity contribution is 6.67. The van der Waals surface area contributed by atoms with Crippen LogP contribution in [0.1, 0.15) is 79.4 Å². The Kier molecular flexibility index (Phi) is 20.6. The molecule has 12 nitrogen and oxygen atoms in total. The molecule has 0 saturated heterocycles. The first-order chi connectivity index (χ1) is 27.4. The lowest BCUT2D eigenvalue weighted by Crippen LogP contribution is -2.52. The summed E-state index contributed by atoms with van der Waals surface area (Å²) in [6, 6.07) is 12.2. The van der Waals surface area contributed by atoms with Crippen LogP contribution in [0.25, 0.3) is 6.08 Å². The Hall–Kier alpha value is -3.97. The molecule has 0 radical (unpaired) electrons. The van der Waals surface area contributed by atoms with Gasteiger partial charge in [-0.3, -0.25) is 9.59 Å². The lowest BCUT2D eigenvalue weighted by atomic mass is 9.91. The Morgan fingerprint density at radius 1 is 0.864 bits per heavy atom. The van der Waals surface area contributed by atoms with Gasteiger partial charge in [0.25, 0.3) is 0 Å². The molecule has 0 aliphatic heterocycles. The molecule has 2 aromatic rings. The molecule has 0 aliphatic carbocycles. The Labute approximate surface area is 368 Å². The van der Waals surface area contributed by atoms with Crippen LogP contribution in [-0.2, 0) is 39.8 Å². The van der Waals surface area contributed by atoms with Crippen LogP contribution in [0.15, 0.2) is 66.8 Å². The number of alkyl carbamates (subject to hydrolysis) is 1.